The fraction of sp³-hybridized carbons (Fsp3) is 0.375. The van der Waals surface area contributed by atoms with Crippen LogP contribution in [0.2, 0.25) is 0 Å². The monoisotopic (exact) mass is 467 g/mol. The largest absolute Gasteiger partial charge is 0.346 e. The van der Waals surface area contributed by atoms with Crippen LogP contribution < -0.4 is 5.32 Å². The molecule has 9 heteroatoms. The Morgan fingerprint density at radius 1 is 1.12 bits per heavy atom. The molecular formula is C24H29N5O3S. The van der Waals surface area contributed by atoms with Gasteiger partial charge < -0.3 is 5.32 Å². The third-order valence-electron chi connectivity index (χ3n) is 6.29. The molecule has 1 amide bonds. The maximum atomic E-state index is 13.2. The summed E-state index contributed by atoms with van der Waals surface area (Å²) in [7, 11) is -2.02. The van der Waals surface area contributed by atoms with Crippen LogP contribution >= 0.6 is 0 Å². The van der Waals surface area contributed by atoms with Crippen molar-refractivity contribution in [3.05, 3.63) is 72.3 Å². The first-order chi connectivity index (χ1) is 15.9. The minimum absolute atomic E-state index is 0.0155. The van der Waals surface area contributed by atoms with E-state index in [0.717, 1.165) is 43.4 Å². The Hall–Kier alpha value is -3.04. The number of carbonyl (C=O) groups is 1. The summed E-state index contributed by atoms with van der Waals surface area (Å²) in [5.74, 6) is -0.319. The second-order valence-electron chi connectivity index (χ2n) is 8.47. The van der Waals surface area contributed by atoms with Gasteiger partial charge in [0.2, 0.25) is 10.0 Å². The Morgan fingerprint density at radius 2 is 1.85 bits per heavy atom. The van der Waals surface area contributed by atoms with Crippen molar-refractivity contribution in [1.82, 2.24) is 24.4 Å². The van der Waals surface area contributed by atoms with E-state index < -0.39 is 10.0 Å². The van der Waals surface area contributed by atoms with E-state index in [4.69, 9.17) is 0 Å². The van der Waals surface area contributed by atoms with Crippen LogP contribution in [0.25, 0.3) is 5.69 Å². The molecule has 2 aromatic carbocycles. The summed E-state index contributed by atoms with van der Waals surface area (Å²) in [6.45, 7) is 1.89. The van der Waals surface area contributed by atoms with Crippen LogP contribution in [-0.2, 0) is 10.0 Å². The molecule has 4 rings (SSSR count). The molecule has 1 aliphatic rings. The fourth-order valence-corrected chi connectivity index (χ4v) is 5.69. The predicted molar refractivity (Wildman–Crippen MR) is 126 cm³/mol. The van der Waals surface area contributed by atoms with Gasteiger partial charge in [0.25, 0.3) is 5.91 Å². The molecule has 1 atom stereocenters. The molecule has 1 N–H and O–H groups in total. The SMILES string of the molecule is CC(NC(=O)c1cccc(S(=O)(=O)N(C)C2CCCCC2)c1)c1ccc(-n2cncn2)cc1. The number of carbonyl (C=O) groups excluding carboxylic acids is 1. The van der Waals surface area contributed by atoms with Crippen molar-refractivity contribution in [1.29, 1.82) is 0 Å². The zero-order valence-electron chi connectivity index (χ0n) is 18.9. The standard InChI is InChI=1S/C24H29N5O3S/c1-18(19-11-13-22(14-12-19)29-17-25-16-26-29)27-24(30)20-7-6-10-23(15-20)33(31,32)28(2)21-8-4-3-5-9-21/h6-7,10-18,21H,3-5,8-9H2,1-2H3,(H,27,30). The van der Waals surface area contributed by atoms with E-state index in [1.807, 2.05) is 31.2 Å². The number of benzene rings is 2. The second kappa shape index (κ2) is 9.84. The summed E-state index contributed by atoms with van der Waals surface area (Å²) >= 11 is 0. The molecule has 1 saturated carbocycles. The van der Waals surface area contributed by atoms with Gasteiger partial charge in [-0.1, -0.05) is 37.5 Å². The molecule has 1 aliphatic carbocycles. The lowest BCUT2D eigenvalue weighted by Gasteiger charge is -2.30. The first-order valence-electron chi connectivity index (χ1n) is 11.2. The maximum Gasteiger partial charge on any atom is 0.251 e. The average molecular weight is 468 g/mol. The number of rotatable bonds is 7. The van der Waals surface area contributed by atoms with E-state index >= 15 is 0 Å². The first-order valence-corrected chi connectivity index (χ1v) is 12.6. The second-order valence-corrected chi connectivity index (χ2v) is 10.5. The van der Waals surface area contributed by atoms with Crippen molar-refractivity contribution in [3.63, 3.8) is 0 Å². The molecule has 1 heterocycles. The van der Waals surface area contributed by atoms with Gasteiger partial charge in [-0.25, -0.2) is 18.1 Å². The topological polar surface area (TPSA) is 97.2 Å². The van der Waals surface area contributed by atoms with Crippen LogP contribution in [0.15, 0.2) is 66.1 Å². The van der Waals surface area contributed by atoms with E-state index in [1.54, 1.807) is 36.3 Å². The van der Waals surface area contributed by atoms with Crippen LogP contribution in [-0.4, -0.2) is 46.5 Å². The quantitative estimate of drug-likeness (QED) is 0.571. The molecular weight excluding hydrogens is 438 g/mol. The number of sulfonamides is 1. The van der Waals surface area contributed by atoms with E-state index in [2.05, 4.69) is 15.4 Å². The molecule has 0 spiro atoms. The Morgan fingerprint density at radius 3 is 2.52 bits per heavy atom. The van der Waals surface area contributed by atoms with Gasteiger partial charge >= 0.3 is 0 Å². The molecule has 8 nitrogen and oxygen atoms in total. The van der Waals surface area contributed by atoms with Crippen LogP contribution in [0, 0.1) is 0 Å². The Bertz CT molecular complexity index is 1190. The highest BCUT2D eigenvalue weighted by Crippen LogP contribution is 2.27. The lowest BCUT2D eigenvalue weighted by molar-refractivity contribution is 0.0939. The van der Waals surface area contributed by atoms with Gasteiger partial charge in [0.1, 0.15) is 12.7 Å². The van der Waals surface area contributed by atoms with Crippen LogP contribution in [0.1, 0.15) is 61.0 Å². The van der Waals surface area contributed by atoms with Crippen molar-refractivity contribution in [2.45, 2.75) is 56.0 Å². The van der Waals surface area contributed by atoms with Gasteiger partial charge in [-0.3, -0.25) is 4.79 Å². The predicted octanol–water partition coefficient (Wildman–Crippen LogP) is 3.71. The van der Waals surface area contributed by atoms with Gasteiger partial charge in [0, 0.05) is 18.7 Å². The minimum atomic E-state index is -3.66. The third kappa shape index (κ3) is 5.15. The summed E-state index contributed by atoms with van der Waals surface area (Å²) in [5.41, 5.74) is 2.11. The zero-order valence-corrected chi connectivity index (χ0v) is 19.7. The smallest absolute Gasteiger partial charge is 0.251 e. The molecule has 0 aliphatic heterocycles. The van der Waals surface area contributed by atoms with Gasteiger partial charge in [0.15, 0.2) is 0 Å². The summed E-state index contributed by atoms with van der Waals surface area (Å²) in [6.07, 6.45) is 8.09. The highest BCUT2D eigenvalue weighted by molar-refractivity contribution is 7.89. The number of aromatic nitrogens is 3. The van der Waals surface area contributed by atoms with Crippen molar-refractivity contribution >= 4 is 15.9 Å². The van der Waals surface area contributed by atoms with E-state index in [1.165, 1.54) is 16.7 Å². The normalized spacial score (nSPS) is 16.0. The molecule has 1 unspecified atom stereocenters. The third-order valence-corrected chi connectivity index (χ3v) is 8.19. The average Bonchev–Trinajstić information content (AvgIpc) is 3.39. The molecule has 0 saturated heterocycles. The van der Waals surface area contributed by atoms with E-state index in [0.29, 0.717) is 5.56 Å². The van der Waals surface area contributed by atoms with Gasteiger partial charge in [-0.15, -0.1) is 0 Å². The Labute approximate surface area is 194 Å². The minimum Gasteiger partial charge on any atom is -0.346 e. The van der Waals surface area contributed by atoms with Crippen molar-refractivity contribution < 1.29 is 13.2 Å². The van der Waals surface area contributed by atoms with Crippen molar-refractivity contribution in [3.8, 4) is 5.69 Å². The number of hydrogen-bond donors (Lipinski definition) is 1. The highest BCUT2D eigenvalue weighted by atomic mass is 32.2. The van der Waals surface area contributed by atoms with Gasteiger partial charge in [0.05, 0.1) is 16.6 Å². The lowest BCUT2D eigenvalue weighted by Crippen LogP contribution is -2.38. The van der Waals surface area contributed by atoms with Crippen LogP contribution in [0.3, 0.4) is 0 Å². The van der Waals surface area contributed by atoms with Gasteiger partial charge in [-0.2, -0.15) is 9.40 Å². The number of hydrogen-bond acceptors (Lipinski definition) is 5. The summed E-state index contributed by atoms with van der Waals surface area (Å²) in [6, 6.07) is 13.7. The number of amides is 1. The fourth-order valence-electron chi connectivity index (χ4n) is 4.23. The van der Waals surface area contributed by atoms with Gasteiger partial charge in [-0.05, 0) is 55.7 Å². The van der Waals surface area contributed by atoms with Crippen molar-refractivity contribution in [2.75, 3.05) is 7.05 Å². The molecule has 1 aromatic heterocycles. The molecule has 33 heavy (non-hydrogen) atoms. The number of nitrogens with one attached hydrogen (secondary N) is 1. The Balaban J connectivity index is 1.46. The first kappa shape index (κ1) is 23.1. The van der Waals surface area contributed by atoms with Crippen LogP contribution in [0.5, 0.6) is 0 Å². The molecule has 1 fully saturated rings. The van der Waals surface area contributed by atoms with E-state index in [9.17, 15) is 13.2 Å². The Kier molecular flexibility index (Phi) is 6.90. The molecule has 3 aromatic rings. The maximum absolute atomic E-state index is 13.2. The summed E-state index contributed by atoms with van der Waals surface area (Å²) in [5, 5.41) is 7.06. The van der Waals surface area contributed by atoms with Crippen molar-refractivity contribution in [2.24, 2.45) is 0 Å². The zero-order chi connectivity index (χ0) is 23.4. The molecule has 174 valence electrons. The van der Waals surface area contributed by atoms with E-state index in [-0.39, 0.29) is 22.9 Å². The molecule has 0 bridgehead atoms. The van der Waals surface area contributed by atoms with Crippen LogP contribution in [0.4, 0.5) is 0 Å². The number of nitrogens with zero attached hydrogens (tertiary/aromatic N) is 4. The summed E-state index contributed by atoms with van der Waals surface area (Å²) < 4.78 is 29.5. The lowest BCUT2D eigenvalue weighted by atomic mass is 9.96. The molecule has 0 radical (unpaired) electrons. The highest BCUT2D eigenvalue weighted by Gasteiger charge is 2.29. The summed E-state index contributed by atoms with van der Waals surface area (Å²) in [4.78, 5) is 17.0.